The fourth-order valence-electron chi connectivity index (χ4n) is 5.32. The molecule has 10 nitrogen and oxygen atoms in total. The van der Waals surface area contributed by atoms with E-state index in [9.17, 15) is 36.2 Å². The first kappa shape index (κ1) is 44.3. The third-order valence-corrected chi connectivity index (χ3v) is 9.59. The zero-order valence-electron chi connectivity index (χ0n) is 29.3. The number of phenolic OH excluding ortho intramolecular Hbond substituents is 1. The molecule has 0 fully saturated rings. The minimum absolute atomic E-state index is 0. The van der Waals surface area contributed by atoms with E-state index in [1.165, 1.54) is 37.5 Å². The molecule has 0 unspecified atom stereocenters. The van der Waals surface area contributed by atoms with Gasteiger partial charge in [0.05, 0.1) is 4.90 Å². The number of ether oxygens (including phenoxy) is 2. The molecule has 272 valence electrons. The average molecular weight is 767 g/mol. The molecular formula is C38H46CaO10S2. The van der Waals surface area contributed by atoms with Crippen LogP contribution in [0.15, 0.2) is 94.7 Å². The Morgan fingerprint density at radius 1 is 0.608 bits per heavy atom. The zero-order valence-corrected chi connectivity index (χ0v) is 33.1. The molecule has 0 amide bonds. The number of hydrogen-bond acceptors (Lipinski definition) is 9. The second-order valence-corrected chi connectivity index (χ2v) is 14.6. The molecule has 0 bridgehead atoms. The van der Waals surface area contributed by atoms with Gasteiger partial charge in [0, 0.05) is 0 Å². The summed E-state index contributed by atoms with van der Waals surface area (Å²) >= 11 is 0. The van der Waals surface area contributed by atoms with Crippen molar-refractivity contribution in [1.29, 1.82) is 0 Å². The van der Waals surface area contributed by atoms with Crippen LogP contribution in [0.4, 0.5) is 0 Å². The maximum absolute atomic E-state index is 12.2. The fraction of sp³-hybridized carbons (Fsp3) is 0.368. The largest absolute Gasteiger partial charge is 2.00 e. The normalized spacial score (nSPS) is 11.2. The van der Waals surface area contributed by atoms with Gasteiger partial charge >= 0.3 is 47.9 Å². The number of aryl methyl sites for hydroxylation is 2. The van der Waals surface area contributed by atoms with E-state index in [0.717, 1.165) is 50.5 Å². The van der Waals surface area contributed by atoms with Crippen LogP contribution in [0, 0.1) is 0 Å². The van der Waals surface area contributed by atoms with Crippen molar-refractivity contribution in [2.45, 2.75) is 101 Å². The van der Waals surface area contributed by atoms with Crippen LogP contribution in [-0.2, 0) is 33.1 Å². The number of unbranched alkanes of at least 4 members (excludes halogenated alkanes) is 8. The number of benzene rings is 4. The quantitative estimate of drug-likeness (QED) is 0.0568. The maximum Gasteiger partial charge on any atom is 2.00 e. The van der Waals surface area contributed by atoms with Crippen LogP contribution in [0.3, 0.4) is 0 Å². The van der Waals surface area contributed by atoms with E-state index in [4.69, 9.17) is 9.47 Å². The maximum atomic E-state index is 12.2. The van der Waals surface area contributed by atoms with E-state index in [1.807, 2.05) is 0 Å². The monoisotopic (exact) mass is 766 g/mol. The van der Waals surface area contributed by atoms with Gasteiger partial charge in [0.1, 0.15) is 33.1 Å². The van der Waals surface area contributed by atoms with Crippen LogP contribution in [0.5, 0.6) is 34.5 Å². The number of aromatic hydroxyl groups is 1. The summed E-state index contributed by atoms with van der Waals surface area (Å²) in [6.07, 6.45) is 12.2. The molecule has 0 aliphatic heterocycles. The van der Waals surface area contributed by atoms with Gasteiger partial charge in [-0.2, -0.15) is 8.42 Å². The summed E-state index contributed by atoms with van der Waals surface area (Å²) in [5.74, 6) is -0.792. The van der Waals surface area contributed by atoms with E-state index in [-0.39, 0.29) is 49.2 Å². The molecule has 4 rings (SSSR count). The summed E-state index contributed by atoms with van der Waals surface area (Å²) in [5.41, 5.74) is 1.45. The van der Waals surface area contributed by atoms with Gasteiger partial charge in [-0.3, -0.25) is 4.55 Å². The molecule has 51 heavy (non-hydrogen) atoms. The third-order valence-electron chi connectivity index (χ3n) is 7.76. The van der Waals surface area contributed by atoms with Crippen molar-refractivity contribution < 1.29 is 45.6 Å². The van der Waals surface area contributed by atoms with Crippen LogP contribution in [-0.4, -0.2) is 68.8 Å². The molecule has 0 radical (unpaired) electrons. The predicted octanol–water partition coefficient (Wildman–Crippen LogP) is 8.53. The SMILES string of the molecule is CCCCCCCc1cc(O)c(S(=O)(=O)O)c(Oc2ccccc2)c1.CCCCCCCc1cc([O-])c(S(=O)(=O)[O-])c(Oc2ccccc2)c1.[Ca+2]. The molecule has 0 aliphatic rings. The summed E-state index contributed by atoms with van der Waals surface area (Å²) in [6, 6.07) is 22.8. The van der Waals surface area contributed by atoms with Gasteiger partial charge in [-0.05, 0) is 79.3 Å². The van der Waals surface area contributed by atoms with Crippen molar-refractivity contribution in [3.8, 4) is 34.5 Å². The molecule has 4 aromatic carbocycles. The Morgan fingerprint density at radius 3 is 1.43 bits per heavy atom. The van der Waals surface area contributed by atoms with E-state index >= 15 is 0 Å². The van der Waals surface area contributed by atoms with E-state index in [1.54, 1.807) is 66.7 Å². The minimum atomic E-state index is -4.92. The molecule has 0 atom stereocenters. The number of rotatable bonds is 18. The van der Waals surface area contributed by atoms with E-state index < -0.39 is 41.5 Å². The summed E-state index contributed by atoms with van der Waals surface area (Å²) in [6.45, 7) is 4.29. The molecule has 0 heterocycles. The average Bonchev–Trinajstić information content (AvgIpc) is 3.04. The van der Waals surface area contributed by atoms with Crippen molar-refractivity contribution in [3.63, 3.8) is 0 Å². The van der Waals surface area contributed by atoms with Gasteiger partial charge < -0.3 is 24.2 Å². The van der Waals surface area contributed by atoms with E-state index in [2.05, 4.69) is 13.8 Å². The smallest absolute Gasteiger partial charge is 0.872 e. The number of hydrogen-bond donors (Lipinski definition) is 2. The molecular weight excluding hydrogens is 721 g/mol. The molecule has 2 N–H and O–H groups in total. The Bertz CT molecular complexity index is 1710. The minimum Gasteiger partial charge on any atom is -0.872 e. The second-order valence-electron chi connectivity index (χ2n) is 12.0. The first-order chi connectivity index (χ1) is 23.8. The summed E-state index contributed by atoms with van der Waals surface area (Å²) in [4.78, 5) is -1.43. The molecule has 0 saturated heterocycles. The molecule has 0 aliphatic carbocycles. The Balaban J connectivity index is 0.000000347. The van der Waals surface area contributed by atoms with Gasteiger partial charge in [-0.25, -0.2) is 8.42 Å². The summed E-state index contributed by atoms with van der Waals surface area (Å²) < 4.78 is 78.2. The number of para-hydroxylation sites is 2. The van der Waals surface area contributed by atoms with Crippen LogP contribution in [0.2, 0.25) is 0 Å². The molecule has 13 heteroatoms. The molecule has 4 aromatic rings. The van der Waals surface area contributed by atoms with Crippen molar-refractivity contribution in [2.75, 3.05) is 0 Å². The topological polar surface area (TPSA) is 173 Å². The number of phenols is 1. The molecule has 0 spiro atoms. The van der Waals surface area contributed by atoms with Crippen molar-refractivity contribution in [3.05, 3.63) is 96.1 Å². The molecule has 0 aromatic heterocycles. The van der Waals surface area contributed by atoms with Crippen LogP contribution in [0.25, 0.3) is 0 Å². The fourth-order valence-corrected chi connectivity index (χ4v) is 6.65. The van der Waals surface area contributed by atoms with Crippen LogP contribution >= 0.6 is 0 Å². The Labute approximate surface area is 332 Å². The second kappa shape index (κ2) is 22.3. The summed E-state index contributed by atoms with van der Waals surface area (Å²) in [7, 11) is -9.53. The van der Waals surface area contributed by atoms with Gasteiger partial charge in [-0.15, -0.1) is 0 Å². The van der Waals surface area contributed by atoms with Gasteiger partial charge in [0.15, 0.2) is 10.6 Å². The van der Waals surface area contributed by atoms with Gasteiger partial charge in [0.2, 0.25) is 0 Å². The predicted molar refractivity (Wildman–Crippen MR) is 195 cm³/mol. The van der Waals surface area contributed by atoms with Crippen LogP contribution < -0.4 is 14.6 Å². The standard InChI is InChI=1S/2C19H24O5S.Ca/c2*1-2-3-4-5-7-10-15-13-17(20)19(25(21,22)23)18(14-15)24-16-11-8-6-9-12-16;/h2*6,8-9,11-14,20H,2-5,7,10H2,1H3,(H,21,22,23);/q;;+2/p-2. The van der Waals surface area contributed by atoms with Crippen molar-refractivity contribution >= 4 is 58.0 Å². The van der Waals surface area contributed by atoms with Crippen molar-refractivity contribution in [1.82, 2.24) is 0 Å². The first-order valence-electron chi connectivity index (χ1n) is 16.9. The Kier molecular flexibility index (Phi) is 19.4. The van der Waals surface area contributed by atoms with Crippen molar-refractivity contribution in [2.24, 2.45) is 0 Å². The zero-order chi connectivity index (χ0) is 36.6. The molecule has 0 saturated carbocycles. The Hall–Kier alpha value is -2.84. The van der Waals surface area contributed by atoms with Crippen LogP contribution in [0.1, 0.15) is 89.2 Å². The third kappa shape index (κ3) is 15.3. The van der Waals surface area contributed by atoms with E-state index in [0.29, 0.717) is 29.9 Å². The van der Waals surface area contributed by atoms with Gasteiger partial charge in [-0.1, -0.05) is 113 Å². The first-order valence-corrected chi connectivity index (χ1v) is 19.8. The Morgan fingerprint density at radius 2 is 1.02 bits per heavy atom. The van der Waals surface area contributed by atoms with Gasteiger partial charge in [0.25, 0.3) is 0 Å². The summed E-state index contributed by atoms with van der Waals surface area (Å²) in [5, 5.41) is 22.3.